The quantitative estimate of drug-likeness (QED) is 0.544. The van der Waals surface area contributed by atoms with Crippen molar-refractivity contribution in [2.24, 2.45) is 0 Å². The summed E-state index contributed by atoms with van der Waals surface area (Å²) >= 11 is 0. The smallest absolute Gasteiger partial charge is 0.372 e. The van der Waals surface area contributed by atoms with E-state index in [1.54, 1.807) is 56.3 Å². The third-order valence-corrected chi connectivity index (χ3v) is 3.75. The first-order valence-electron chi connectivity index (χ1n) is 8.23. The number of aryl methyl sites for hydroxylation is 2. The van der Waals surface area contributed by atoms with Crippen molar-refractivity contribution in [3.05, 3.63) is 94.8 Å². The Morgan fingerprint density at radius 1 is 0.926 bits per heavy atom. The first-order valence-corrected chi connectivity index (χ1v) is 8.23. The normalized spacial score (nSPS) is 11.7. The van der Waals surface area contributed by atoms with Crippen molar-refractivity contribution >= 4 is 11.5 Å². The molecule has 3 aromatic rings. The molecule has 5 nitrogen and oxygen atoms in total. The van der Waals surface area contributed by atoms with E-state index in [1.807, 2.05) is 0 Å². The van der Waals surface area contributed by atoms with E-state index in [4.69, 9.17) is 4.74 Å². The van der Waals surface area contributed by atoms with Crippen molar-refractivity contribution in [2.75, 3.05) is 0 Å². The Balaban J connectivity index is 2.23. The lowest BCUT2D eigenvalue weighted by atomic mass is 9.96. The van der Waals surface area contributed by atoms with Gasteiger partial charge in [-0.05, 0) is 43.2 Å². The summed E-state index contributed by atoms with van der Waals surface area (Å²) in [5.41, 5.74) is 2.49. The number of benzene rings is 2. The summed E-state index contributed by atoms with van der Waals surface area (Å²) in [4.78, 5) is 20.3. The number of nitrogens with zero attached hydrogens (tertiary/aromatic N) is 2. The molecule has 0 saturated carbocycles. The third-order valence-electron chi connectivity index (χ3n) is 3.75. The van der Waals surface area contributed by atoms with Crippen molar-refractivity contribution in [1.82, 2.24) is 9.97 Å². The Hall–Kier alpha value is -3.54. The highest BCUT2D eigenvalue weighted by atomic mass is 19.1. The van der Waals surface area contributed by atoms with Gasteiger partial charge in [0.15, 0.2) is 0 Å². The average Bonchev–Trinajstić information content (AvgIpc) is 2.61. The Morgan fingerprint density at radius 2 is 1.56 bits per heavy atom. The van der Waals surface area contributed by atoms with Gasteiger partial charge in [0.1, 0.15) is 5.82 Å². The summed E-state index contributed by atoms with van der Waals surface area (Å²) in [6.45, 7) is 3.52. The van der Waals surface area contributed by atoms with Gasteiger partial charge in [-0.25, -0.2) is 19.2 Å². The van der Waals surface area contributed by atoms with Gasteiger partial charge in [-0.1, -0.05) is 42.5 Å². The van der Waals surface area contributed by atoms with E-state index in [1.165, 1.54) is 18.2 Å². The molecule has 1 heterocycles. The highest BCUT2D eigenvalue weighted by Crippen LogP contribution is 2.29. The highest BCUT2D eigenvalue weighted by molar-refractivity contribution is 5.99. The Labute approximate surface area is 155 Å². The maximum absolute atomic E-state index is 13.8. The number of hydrogen-bond donors (Lipinski definition) is 1. The molecule has 0 atom stereocenters. The van der Waals surface area contributed by atoms with Gasteiger partial charge >= 0.3 is 12.0 Å². The molecule has 0 bridgehead atoms. The molecule has 6 heteroatoms. The van der Waals surface area contributed by atoms with Crippen LogP contribution < -0.4 is 4.74 Å². The number of carboxylic acid groups (broad SMARTS) is 1. The highest BCUT2D eigenvalue weighted by Gasteiger charge is 2.22. The maximum Gasteiger partial charge on any atom is 0.372 e. The summed E-state index contributed by atoms with van der Waals surface area (Å²) in [6, 6.07) is 16.2. The monoisotopic (exact) mass is 364 g/mol. The van der Waals surface area contributed by atoms with E-state index < -0.39 is 11.8 Å². The van der Waals surface area contributed by atoms with Crippen molar-refractivity contribution < 1.29 is 19.0 Å². The van der Waals surface area contributed by atoms with E-state index in [-0.39, 0.29) is 17.3 Å². The zero-order valence-corrected chi connectivity index (χ0v) is 14.8. The number of aliphatic carboxylic acids is 1. The van der Waals surface area contributed by atoms with Crippen molar-refractivity contribution in [3.63, 3.8) is 0 Å². The SMILES string of the molecule is Cc1cc(C)nc(OC(C(=O)O)=C(c2ccccc2)c2cccc(F)c2)n1. The lowest BCUT2D eigenvalue weighted by Crippen LogP contribution is -2.14. The van der Waals surface area contributed by atoms with Crippen LogP contribution in [0.15, 0.2) is 66.4 Å². The topological polar surface area (TPSA) is 72.3 Å². The van der Waals surface area contributed by atoms with E-state index in [2.05, 4.69) is 9.97 Å². The number of halogens is 1. The van der Waals surface area contributed by atoms with Gasteiger partial charge in [0.2, 0.25) is 5.76 Å². The second kappa shape index (κ2) is 7.78. The molecular weight excluding hydrogens is 347 g/mol. The van der Waals surface area contributed by atoms with E-state index in [9.17, 15) is 14.3 Å². The Bertz CT molecular complexity index is 997. The largest absolute Gasteiger partial charge is 0.475 e. The molecule has 0 amide bonds. The van der Waals surface area contributed by atoms with Crippen LogP contribution in [0.1, 0.15) is 22.5 Å². The molecule has 0 radical (unpaired) electrons. The molecule has 1 N–H and O–H groups in total. The standard InChI is InChI=1S/C21H17FN2O3/c1-13-11-14(2)24-21(23-13)27-19(20(25)26)18(15-7-4-3-5-8-15)16-9-6-10-17(22)12-16/h3-12H,1-2H3,(H,25,26). The molecule has 0 spiro atoms. The minimum Gasteiger partial charge on any atom is -0.475 e. The van der Waals surface area contributed by atoms with Gasteiger partial charge in [-0.15, -0.1) is 0 Å². The van der Waals surface area contributed by atoms with Crippen LogP contribution in [0.4, 0.5) is 4.39 Å². The summed E-state index contributed by atoms with van der Waals surface area (Å²) in [7, 11) is 0. The third kappa shape index (κ3) is 4.36. The fourth-order valence-corrected chi connectivity index (χ4v) is 2.71. The summed E-state index contributed by atoms with van der Waals surface area (Å²) in [6.07, 6.45) is 0. The number of hydrogen-bond acceptors (Lipinski definition) is 4. The molecule has 0 aliphatic rings. The first-order chi connectivity index (χ1) is 12.9. The minimum absolute atomic E-state index is 0.0743. The lowest BCUT2D eigenvalue weighted by Gasteiger charge is -2.14. The average molecular weight is 364 g/mol. The summed E-state index contributed by atoms with van der Waals surface area (Å²) in [5.74, 6) is -2.16. The van der Waals surface area contributed by atoms with E-state index in [0.717, 1.165) is 0 Å². The first kappa shape index (κ1) is 18.3. The number of rotatable bonds is 5. The second-order valence-corrected chi connectivity index (χ2v) is 5.92. The molecule has 0 unspecified atom stereocenters. The van der Waals surface area contributed by atoms with Crippen LogP contribution in [-0.4, -0.2) is 21.0 Å². The van der Waals surface area contributed by atoms with Gasteiger partial charge in [-0.3, -0.25) is 0 Å². The molecule has 0 fully saturated rings. The fraction of sp³-hybridized carbons (Fsp3) is 0.0952. The minimum atomic E-state index is -1.30. The predicted molar refractivity (Wildman–Crippen MR) is 98.6 cm³/mol. The van der Waals surface area contributed by atoms with Gasteiger partial charge < -0.3 is 9.84 Å². The molecular formula is C21H17FN2O3. The molecule has 0 aliphatic carbocycles. The number of carboxylic acids is 1. The molecule has 1 aromatic heterocycles. The zero-order chi connectivity index (χ0) is 19.4. The summed E-state index contributed by atoms with van der Waals surface area (Å²) < 4.78 is 19.4. The van der Waals surface area contributed by atoms with Gasteiger partial charge in [0.25, 0.3) is 0 Å². The number of carbonyl (C=O) groups is 1. The molecule has 136 valence electrons. The van der Waals surface area contributed by atoms with Crippen LogP contribution in [-0.2, 0) is 4.79 Å². The molecule has 2 aromatic carbocycles. The predicted octanol–water partition coefficient (Wildman–Crippen LogP) is 4.16. The van der Waals surface area contributed by atoms with Gasteiger partial charge in [-0.2, -0.15) is 0 Å². The van der Waals surface area contributed by atoms with E-state index >= 15 is 0 Å². The lowest BCUT2D eigenvalue weighted by molar-refractivity contribution is -0.135. The molecule has 3 rings (SSSR count). The fourth-order valence-electron chi connectivity index (χ4n) is 2.71. The van der Waals surface area contributed by atoms with Crippen molar-refractivity contribution in [2.45, 2.75) is 13.8 Å². The number of ether oxygens (including phenoxy) is 1. The van der Waals surface area contributed by atoms with Gasteiger partial charge in [0.05, 0.1) is 0 Å². The van der Waals surface area contributed by atoms with Crippen LogP contribution >= 0.6 is 0 Å². The summed E-state index contributed by atoms with van der Waals surface area (Å²) in [5, 5.41) is 9.80. The Kier molecular flexibility index (Phi) is 5.26. The Morgan fingerprint density at radius 3 is 2.15 bits per heavy atom. The van der Waals surface area contributed by atoms with Crippen LogP contribution in [0.5, 0.6) is 6.01 Å². The van der Waals surface area contributed by atoms with Crippen molar-refractivity contribution in [1.29, 1.82) is 0 Å². The molecule has 27 heavy (non-hydrogen) atoms. The zero-order valence-electron chi connectivity index (χ0n) is 14.8. The van der Waals surface area contributed by atoms with E-state index in [0.29, 0.717) is 22.5 Å². The molecule has 0 aliphatic heterocycles. The van der Waals surface area contributed by atoms with Crippen LogP contribution in [0, 0.1) is 19.7 Å². The maximum atomic E-state index is 13.8. The van der Waals surface area contributed by atoms with Gasteiger partial charge in [0, 0.05) is 17.0 Å². The second-order valence-electron chi connectivity index (χ2n) is 5.92. The number of aromatic nitrogens is 2. The van der Waals surface area contributed by atoms with Crippen LogP contribution in [0.3, 0.4) is 0 Å². The van der Waals surface area contributed by atoms with Crippen molar-refractivity contribution in [3.8, 4) is 6.01 Å². The molecule has 0 saturated heterocycles. The van der Waals surface area contributed by atoms with Crippen LogP contribution in [0.25, 0.3) is 5.57 Å². The van der Waals surface area contributed by atoms with Crippen LogP contribution in [0.2, 0.25) is 0 Å².